The smallest absolute Gasteiger partial charge is 0.145 e. The van der Waals surface area contributed by atoms with Crippen LogP contribution in [0.1, 0.15) is 23.6 Å². The molecular weight excluding hydrogens is 251 g/mol. The predicted molar refractivity (Wildman–Crippen MR) is 79.0 cm³/mol. The third kappa shape index (κ3) is 2.97. The number of nitriles is 1. The fourth-order valence-electron chi connectivity index (χ4n) is 2.20. The van der Waals surface area contributed by atoms with Crippen LogP contribution in [0.4, 0.5) is 10.1 Å². The number of nitrogens with zero attached hydrogens (tertiary/aromatic N) is 2. The molecule has 2 aromatic carbocycles. The minimum atomic E-state index is -0.416. The first kappa shape index (κ1) is 14.1. The Morgan fingerprint density at radius 3 is 2.60 bits per heavy atom. The van der Waals surface area contributed by atoms with Crippen molar-refractivity contribution in [1.82, 2.24) is 0 Å². The summed E-state index contributed by atoms with van der Waals surface area (Å²) in [5.74, 6) is -0.416. The Balaban J connectivity index is 2.30. The van der Waals surface area contributed by atoms with Gasteiger partial charge in [-0.05, 0) is 37.6 Å². The molecule has 0 N–H and O–H groups in total. The highest BCUT2D eigenvalue weighted by atomic mass is 19.1. The molecule has 20 heavy (non-hydrogen) atoms. The third-order valence-corrected chi connectivity index (χ3v) is 3.31. The second kappa shape index (κ2) is 6.21. The van der Waals surface area contributed by atoms with Crippen LogP contribution >= 0.6 is 0 Å². The number of hydrogen-bond donors (Lipinski definition) is 0. The SMILES string of the molecule is CCN(Cc1cccc(C#N)c1F)c1cccc(C)c1. The maximum absolute atomic E-state index is 14.1. The Morgan fingerprint density at radius 2 is 1.95 bits per heavy atom. The molecule has 2 rings (SSSR count). The first-order chi connectivity index (χ1) is 9.65. The monoisotopic (exact) mass is 268 g/mol. The van der Waals surface area contributed by atoms with Gasteiger partial charge < -0.3 is 4.90 Å². The van der Waals surface area contributed by atoms with E-state index >= 15 is 0 Å². The van der Waals surface area contributed by atoms with Crippen molar-refractivity contribution in [2.24, 2.45) is 0 Å². The van der Waals surface area contributed by atoms with Crippen molar-refractivity contribution >= 4 is 5.69 Å². The van der Waals surface area contributed by atoms with Crippen molar-refractivity contribution in [2.75, 3.05) is 11.4 Å². The van der Waals surface area contributed by atoms with E-state index in [1.165, 1.54) is 11.6 Å². The zero-order chi connectivity index (χ0) is 14.5. The van der Waals surface area contributed by atoms with Gasteiger partial charge in [0.15, 0.2) is 0 Å². The molecule has 0 aliphatic heterocycles. The Hall–Kier alpha value is -2.34. The average Bonchev–Trinajstić information content (AvgIpc) is 2.46. The first-order valence-electron chi connectivity index (χ1n) is 6.64. The summed E-state index contributed by atoms with van der Waals surface area (Å²) >= 11 is 0. The molecule has 0 heterocycles. The molecule has 0 saturated heterocycles. The van der Waals surface area contributed by atoms with Crippen molar-refractivity contribution < 1.29 is 4.39 Å². The third-order valence-electron chi connectivity index (χ3n) is 3.31. The zero-order valence-electron chi connectivity index (χ0n) is 11.7. The number of halogens is 1. The van der Waals surface area contributed by atoms with Gasteiger partial charge in [-0.1, -0.05) is 24.3 Å². The van der Waals surface area contributed by atoms with E-state index in [1.807, 2.05) is 38.1 Å². The Labute approximate surface area is 119 Å². The molecule has 0 aliphatic carbocycles. The molecule has 0 unspecified atom stereocenters. The molecule has 0 saturated carbocycles. The highest BCUT2D eigenvalue weighted by Crippen LogP contribution is 2.20. The summed E-state index contributed by atoms with van der Waals surface area (Å²) in [5.41, 5.74) is 2.89. The number of hydrogen-bond acceptors (Lipinski definition) is 2. The summed E-state index contributed by atoms with van der Waals surface area (Å²) in [6.45, 7) is 5.31. The van der Waals surface area contributed by atoms with Crippen LogP contribution in [-0.2, 0) is 6.54 Å². The number of benzene rings is 2. The standard InChI is InChI=1S/C17H17FN2/c1-3-20(16-9-4-6-13(2)10-16)12-15-8-5-7-14(11-19)17(15)18/h4-10H,3,12H2,1-2H3. The van der Waals surface area contributed by atoms with Gasteiger partial charge in [0.05, 0.1) is 5.56 Å². The minimum absolute atomic E-state index is 0.0998. The molecule has 102 valence electrons. The number of rotatable bonds is 4. The van der Waals surface area contributed by atoms with E-state index in [0.29, 0.717) is 12.1 Å². The summed E-state index contributed by atoms with van der Waals surface area (Å²) in [4.78, 5) is 2.09. The fraction of sp³-hybridized carbons (Fsp3) is 0.235. The largest absolute Gasteiger partial charge is 0.367 e. The second-order valence-corrected chi connectivity index (χ2v) is 4.74. The van der Waals surface area contributed by atoms with E-state index in [0.717, 1.165) is 12.2 Å². The normalized spacial score (nSPS) is 10.1. The van der Waals surface area contributed by atoms with Crippen molar-refractivity contribution in [3.05, 3.63) is 65.0 Å². The summed E-state index contributed by atoms with van der Waals surface area (Å²) in [6, 6.07) is 15.0. The van der Waals surface area contributed by atoms with Crippen LogP contribution in [0.15, 0.2) is 42.5 Å². The van der Waals surface area contributed by atoms with Gasteiger partial charge in [-0.3, -0.25) is 0 Å². The summed E-state index contributed by atoms with van der Waals surface area (Å²) in [6.07, 6.45) is 0. The van der Waals surface area contributed by atoms with Gasteiger partial charge >= 0.3 is 0 Å². The van der Waals surface area contributed by atoms with Gasteiger partial charge in [0.1, 0.15) is 11.9 Å². The Bertz CT molecular complexity index is 644. The van der Waals surface area contributed by atoms with Crippen LogP contribution in [0.25, 0.3) is 0 Å². The lowest BCUT2D eigenvalue weighted by atomic mass is 10.1. The van der Waals surface area contributed by atoms with E-state index in [4.69, 9.17) is 5.26 Å². The first-order valence-corrected chi connectivity index (χ1v) is 6.64. The van der Waals surface area contributed by atoms with E-state index in [2.05, 4.69) is 11.0 Å². The van der Waals surface area contributed by atoms with Crippen LogP contribution in [-0.4, -0.2) is 6.54 Å². The lowest BCUT2D eigenvalue weighted by Crippen LogP contribution is -2.22. The quantitative estimate of drug-likeness (QED) is 0.837. The van der Waals surface area contributed by atoms with E-state index in [1.54, 1.807) is 12.1 Å². The molecule has 0 aliphatic rings. The fourth-order valence-corrected chi connectivity index (χ4v) is 2.20. The molecule has 0 spiro atoms. The van der Waals surface area contributed by atoms with E-state index < -0.39 is 5.82 Å². The minimum Gasteiger partial charge on any atom is -0.367 e. The molecule has 0 bridgehead atoms. The van der Waals surface area contributed by atoms with Crippen molar-refractivity contribution in [2.45, 2.75) is 20.4 Å². The molecular formula is C17H17FN2. The van der Waals surface area contributed by atoms with Gasteiger partial charge in [0.25, 0.3) is 0 Å². The Kier molecular flexibility index (Phi) is 4.37. The van der Waals surface area contributed by atoms with Gasteiger partial charge in [-0.25, -0.2) is 4.39 Å². The Morgan fingerprint density at radius 1 is 1.20 bits per heavy atom. The highest BCUT2D eigenvalue weighted by molar-refractivity contribution is 5.49. The summed E-state index contributed by atoms with van der Waals surface area (Å²) < 4.78 is 14.1. The molecule has 0 radical (unpaired) electrons. The van der Waals surface area contributed by atoms with Crippen LogP contribution in [0.3, 0.4) is 0 Å². The average molecular weight is 268 g/mol. The van der Waals surface area contributed by atoms with Gasteiger partial charge in [0, 0.05) is 24.3 Å². The van der Waals surface area contributed by atoms with Crippen LogP contribution in [0.2, 0.25) is 0 Å². The maximum Gasteiger partial charge on any atom is 0.145 e. The van der Waals surface area contributed by atoms with Gasteiger partial charge in [-0.2, -0.15) is 5.26 Å². The summed E-state index contributed by atoms with van der Waals surface area (Å²) in [5, 5.41) is 8.88. The number of anilines is 1. The van der Waals surface area contributed by atoms with Crippen LogP contribution in [0.5, 0.6) is 0 Å². The molecule has 2 nitrogen and oxygen atoms in total. The lowest BCUT2D eigenvalue weighted by molar-refractivity contribution is 0.601. The van der Waals surface area contributed by atoms with E-state index in [9.17, 15) is 4.39 Å². The molecule has 2 aromatic rings. The molecule has 0 atom stereocenters. The second-order valence-electron chi connectivity index (χ2n) is 4.74. The molecule has 3 heteroatoms. The van der Waals surface area contributed by atoms with Gasteiger partial charge in [-0.15, -0.1) is 0 Å². The molecule has 0 aromatic heterocycles. The predicted octanol–water partition coefficient (Wildman–Crippen LogP) is 4.03. The lowest BCUT2D eigenvalue weighted by Gasteiger charge is -2.24. The van der Waals surface area contributed by atoms with Gasteiger partial charge in [0.2, 0.25) is 0 Å². The van der Waals surface area contributed by atoms with Crippen LogP contribution in [0, 0.1) is 24.1 Å². The van der Waals surface area contributed by atoms with Crippen molar-refractivity contribution in [1.29, 1.82) is 5.26 Å². The van der Waals surface area contributed by atoms with Crippen molar-refractivity contribution in [3.63, 3.8) is 0 Å². The van der Waals surface area contributed by atoms with Crippen molar-refractivity contribution in [3.8, 4) is 6.07 Å². The zero-order valence-corrected chi connectivity index (χ0v) is 11.7. The topological polar surface area (TPSA) is 27.0 Å². The summed E-state index contributed by atoms with van der Waals surface area (Å²) in [7, 11) is 0. The highest BCUT2D eigenvalue weighted by Gasteiger charge is 2.11. The molecule has 0 fully saturated rings. The van der Waals surface area contributed by atoms with Crippen LogP contribution < -0.4 is 4.90 Å². The maximum atomic E-state index is 14.1. The molecule has 0 amide bonds. The number of aryl methyl sites for hydroxylation is 1. The van der Waals surface area contributed by atoms with E-state index in [-0.39, 0.29) is 5.56 Å².